The number of alkyl halides is 3. The number of hydrogen-bond acceptors (Lipinski definition) is 3. The first-order valence-corrected chi connectivity index (χ1v) is 7.38. The highest BCUT2D eigenvalue weighted by Gasteiger charge is 2.30. The van der Waals surface area contributed by atoms with Crippen LogP contribution >= 0.6 is 15.9 Å². The van der Waals surface area contributed by atoms with Crippen molar-refractivity contribution in [3.05, 3.63) is 63.6 Å². The minimum absolute atomic E-state index is 0.00519. The van der Waals surface area contributed by atoms with Gasteiger partial charge in [0.25, 0.3) is 0 Å². The lowest BCUT2D eigenvalue weighted by Gasteiger charge is -2.07. The maximum atomic E-state index is 11.5. The monoisotopic (exact) mass is 420 g/mol. The van der Waals surface area contributed by atoms with E-state index in [1.54, 1.807) is 6.07 Å². The third-order valence-electron chi connectivity index (χ3n) is 2.84. The molecule has 0 radical (unpaired) electrons. The van der Waals surface area contributed by atoms with Gasteiger partial charge in [-0.1, -0.05) is 18.2 Å². The number of halogens is 4. The van der Waals surface area contributed by atoms with Crippen LogP contribution in [-0.2, 0) is 0 Å². The van der Waals surface area contributed by atoms with Crippen molar-refractivity contribution >= 4 is 27.9 Å². The van der Waals surface area contributed by atoms with Crippen LogP contribution in [0, 0.1) is 6.92 Å². The number of hydrogen-bond donors (Lipinski definition) is 2. The Morgan fingerprint density at radius 2 is 1.56 bits per heavy atom. The maximum absolute atomic E-state index is 11.5. The average Bonchev–Trinajstić information content (AvgIpc) is 2.46. The van der Waals surface area contributed by atoms with Crippen LogP contribution in [0.2, 0.25) is 0 Å². The predicted octanol–water partition coefficient (Wildman–Crippen LogP) is 4.74. The number of aromatic carboxylic acids is 2. The molecule has 0 aliphatic heterocycles. The van der Waals surface area contributed by atoms with Gasteiger partial charge in [-0.05, 0) is 52.7 Å². The fourth-order valence-corrected chi connectivity index (χ4v) is 2.39. The molecule has 0 aliphatic carbocycles. The van der Waals surface area contributed by atoms with E-state index in [9.17, 15) is 22.8 Å². The summed E-state index contributed by atoms with van der Waals surface area (Å²) in [5, 5.41) is 17.6. The quantitative estimate of drug-likeness (QED) is 0.748. The van der Waals surface area contributed by atoms with Crippen LogP contribution in [0.1, 0.15) is 26.3 Å². The van der Waals surface area contributed by atoms with Crippen molar-refractivity contribution in [3.63, 3.8) is 0 Å². The van der Waals surface area contributed by atoms with Crippen LogP contribution < -0.4 is 4.74 Å². The van der Waals surface area contributed by atoms with E-state index >= 15 is 0 Å². The molecule has 0 heterocycles. The first-order chi connectivity index (χ1) is 11.5. The molecule has 9 heteroatoms. The minimum Gasteiger partial charge on any atom is -0.478 e. The highest BCUT2D eigenvalue weighted by molar-refractivity contribution is 9.10. The number of carboxylic acid groups (broad SMARTS) is 2. The van der Waals surface area contributed by atoms with Crippen LogP contribution in [-0.4, -0.2) is 28.5 Å². The Hall–Kier alpha value is -2.55. The molecule has 0 amide bonds. The number of ether oxygens (including phenoxy) is 1. The molecule has 2 aromatic rings. The predicted molar refractivity (Wildman–Crippen MR) is 85.9 cm³/mol. The first kappa shape index (κ1) is 20.5. The second-order valence-corrected chi connectivity index (χ2v) is 5.42. The molecule has 0 spiro atoms. The van der Waals surface area contributed by atoms with Crippen molar-refractivity contribution in [1.29, 1.82) is 0 Å². The molecule has 2 N–H and O–H groups in total. The SMILES string of the molecule is Cc1c(C(=O)O)ccc(Br)c1C(=O)O.FC(F)(F)Oc1ccccc1. The van der Waals surface area contributed by atoms with Gasteiger partial charge in [-0.15, -0.1) is 13.2 Å². The summed E-state index contributed by atoms with van der Waals surface area (Å²) in [6.07, 6.45) is -4.60. The lowest BCUT2D eigenvalue weighted by molar-refractivity contribution is -0.274. The van der Waals surface area contributed by atoms with Gasteiger partial charge in [0.1, 0.15) is 5.75 Å². The first-order valence-electron chi connectivity index (χ1n) is 6.59. The summed E-state index contributed by atoms with van der Waals surface area (Å²) in [6.45, 7) is 1.47. The van der Waals surface area contributed by atoms with E-state index in [4.69, 9.17) is 10.2 Å². The molecule has 0 fully saturated rings. The summed E-state index contributed by atoms with van der Waals surface area (Å²) in [5.41, 5.74) is 0.245. The van der Waals surface area contributed by atoms with E-state index in [0.29, 0.717) is 4.47 Å². The Morgan fingerprint density at radius 3 is 2.00 bits per heavy atom. The van der Waals surface area contributed by atoms with E-state index in [2.05, 4.69) is 20.7 Å². The van der Waals surface area contributed by atoms with Gasteiger partial charge in [-0.25, -0.2) is 9.59 Å². The number of carboxylic acids is 2. The summed E-state index contributed by atoms with van der Waals surface area (Å²) in [7, 11) is 0. The Kier molecular flexibility index (Phi) is 6.98. The zero-order valence-electron chi connectivity index (χ0n) is 12.7. The fraction of sp³-hybridized carbons (Fsp3) is 0.125. The van der Waals surface area contributed by atoms with E-state index in [-0.39, 0.29) is 22.4 Å². The molecule has 2 rings (SSSR count). The Balaban J connectivity index is 0.000000257. The number of benzene rings is 2. The molecule has 0 unspecified atom stereocenters. The van der Waals surface area contributed by atoms with Crippen molar-refractivity contribution < 1.29 is 37.7 Å². The maximum Gasteiger partial charge on any atom is 0.573 e. The lowest BCUT2D eigenvalue weighted by atomic mass is 10.0. The molecule has 25 heavy (non-hydrogen) atoms. The van der Waals surface area contributed by atoms with Gasteiger partial charge in [-0.3, -0.25) is 0 Å². The molecule has 0 saturated carbocycles. The Bertz CT molecular complexity index is 760. The van der Waals surface area contributed by atoms with Crippen molar-refractivity contribution in [2.45, 2.75) is 13.3 Å². The van der Waals surface area contributed by atoms with Gasteiger partial charge in [0.05, 0.1) is 11.1 Å². The van der Waals surface area contributed by atoms with Gasteiger partial charge in [-0.2, -0.15) is 0 Å². The van der Waals surface area contributed by atoms with Crippen LogP contribution in [0.3, 0.4) is 0 Å². The van der Waals surface area contributed by atoms with E-state index in [1.807, 2.05) is 0 Å². The molecule has 134 valence electrons. The summed E-state index contributed by atoms with van der Waals surface area (Å²) in [6, 6.07) is 9.83. The van der Waals surface area contributed by atoms with E-state index in [0.717, 1.165) is 0 Å². The standard InChI is InChI=1S/C9H7BrO4.C7H5F3O/c1-4-5(8(11)12)2-3-6(10)7(4)9(13)14;8-7(9,10)11-6-4-2-1-3-5-6/h2-3H,1H3,(H,11,12)(H,13,14);1-5H. The smallest absolute Gasteiger partial charge is 0.478 e. The molecule has 2 aromatic carbocycles. The Morgan fingerprint density at radius 1 is 1.00 bits per heavy atom. The molecule has 0 aromatic heterocycles. The van der Waals surface area contributed by atoms with Gasteiger partial charge < -0.3 is 14.9 Å². The van der Waals surface area contributed by atoms with Crippen LogP contribution in [0.4, 0.5) is 13.2 Å². The lowest BCUT2D eigenvalue weighted by Crippen LogP contribution is -2.16. The van der Waals surface area contributed by atoms with Gasteiger partial charge in [0.2, 0.25) is 0 Å². The third kappa shape index (κ3) is 6.46. The van der Waals surface area contributed by atoms with E-state index in [1.165, 1.54) is 43.3 Å². The second-order valence-electron chi connectivity index (χ2n) is 4.57. The van der Waals surface area contributed by atoms with Crippen molar-refractivity contribution in [3.8, 4) is 5.75 Å². The van der Waals surface area contributed by atoms with Gasteiger partial charge in [0.15, 0.2) is 0 Å². The third-order valence-corrected chi connectivity index (χ3v) is 3.50. The molecule has 0 saturated heterocycles. The van der Waals surface area contributed by atoms with Crippen molar-refractivity contribution in [2.24, 2.45) is 0 Å². The highest BCUT2D eigenvalue weighted by atomic mass is 79.9. The fourth-order valence-electron chi connectivity index (χ4n) is 1.80. The summed E-state index contributed by atoms with van der Waals surface area (Å²) < 4.78 is 38.5. The summed E-state index contributed by atoms with van der Waals surface area (Å²) >= 11 is 3.06. The van der Waals surface area contributed by atoms with Gasteiger partial charge in [0, 0.05) is 4.47 Å². The average molecular weight is 421 g/mol. The number of carbonyl (C=O) groups is 2. The Labute approximate surface area is 148 Å². The normalized spacial score (nSPS) is 10.4. The molecule has 0 aliphatic rings. The summed E-state index contributed by atoms with van der Waals surface area (Å²) in [5.74, 6) is -2.46. The van der Waals surface area contributed by atoms with Crippen LogP contribution in [0.25, 0.3) is 0 Å². The van der Waals surface area contributed by atoms with Gasteiger partial charge >= 0.3 is 18.3 Å². The van der Waals surface area contributed by atoms with Crippen molar-refractivity contribution in [2.75, 3.05) is 0 Å². The molecule has 5 nitrogen and oxygen atoms in total. The molecular formula is C16H12BrF3O5. The highest BCUT2D eigenvalue weighted by Crippen LogP contribution is 2.23. The molecule has 0 bridgehead atoms. The van der Waals surface area contributed by atoms with Crippen LogP contribution in [0.5, 0.6) is 5.75 Å². The number of rotatable bonds is 3. The minimum atomic E-state index is -4.60. The topological polar surface area (TPSA) is 83.8 Å². The van der Waals surface area contributed by atoms with Crippen molar-refractivity contribution in [1.82, 2.24) is 0 Å². The van der Waals surface area contributed by atoms with Crippen LogP contribution in [0.15, 0.2) is 46.9 Å². The molecule has 0 atom stereocenters. The largest absolute Gasteiger partial charge is 0.573 e. The molecular weight excluding hydrogens is 409 g/mol. The second kappa shape index (κ2) is 8.52. The van der Waals surface area contributed by atoms with E-state index < -0.39 is 18.3 Å². The zero-order valence-corrected chi connectivity index (χ0v) is 14.3. The summed E-state index contributed by atoms with van der Waals surface area (Å²) in [4.78, 5) is 21.5. The number of para-hydroxylation sites is 1. The zero-order chi connectivity index (χ0) is 19.2.